The number of likely N-dealkylation sites (tertiary alicyclic amines) is 1. The summed E-state index contributed by atoms with van der Waals surface area (Å²) in [6.07, 6.45) is 1.94. The van der Waals surface area contributed by atoms with Gasteiger partial charge in [-0.2, -0.15) is 0 Å². The Morgan fingerprint density at radius 3 is 2.39 bits per heavy atom. The van der Waals surface area contributed by atoms with Gasteiger partial charge in [0.25, 0.3) is 0 Å². The quantitative estimate of drug-likeness (QED) is 0.551. The molecule has 2 saturated heterocycles. The van der Waals surface area contributed by atoms with Gasteiger partial charge in [-0.15, -0.1) is 0 Å². The Morgan fingerprint density at radius 1 is 1.29 bits per heavy atom. The van der Waals surface area contributed by atoms with E-state index in [1.54, 1.807) is 9.47 Å². The number of ether oxygens (including phenoxy) is 1. The molecule has 1 N–H and O–H groups in total. The minimum absolute atomic E-state index is 0.0211. The number of nitrogens with zero attached hydrogens (tertiary/aromatic N) is 2. The number of rotatable bonds is 5. The molecule has 0 aliphatic carbocycles. The number of amides is 2. The largest absolute Gasteiger partial charge is 0.480 e. The minimum Gasteiger partial charge on any atom is -0.480 e. The van der Waals surface area contributed by atoms with Gasteiger partial charge in [-0.3, -0.25) is 4.79 Å². The number of carbonyl (C=O) groups excluding carboxylic acids is 2. The van der Waals surface area contributed by atoms with E-state index in [2.05, 4.69) is 26.9 Å². The monoisotopic (exact) mass is 412 g/mol. The van der Waals surface area contributed by atoms with Crippen LogP contribution >= 0.6 is 0 Å². The molecule has 0 radical (unpaired) electrons. The Labute approximate surface area is 169 Å². The highest BCUT2D eigenvalue weighted by Gasteiger charge is 2.58. The summed E-state index contributed by atoms with van der Waals surface area (Å²) < 4.78 is 7.14. The molecule has 3 unspecified atom stereocenters. The molecule has 160 valence electrons. The van der Waals surface area contributed by atoms with Gasteiger partial charge in [0.15, 0.2) is 8.24 Å². The summed E-state index contributed by atoms with van der Waals surface area (Å²) in [6, 6.07) is -0.728. The summed E-state index contributed by atoms with van der Waals surface area (Å²) in [6.45, 7) is 14.9. The summed E-state index contributed by atoms with van der Waals surface area (Å²) in [5.74, 6) is -1.28. The van der Waals surface area contributed by atoms with Crippen molar-refractivity contribution in [3.8, 4) is 0 Å². The maximum absolute atomic E-state index is 12.9. The molecule has 2 heterocycles. The van der Waals surface area contributed by atoms with Crippen molar-refractivity contribution >= 4 is 26.2 Å². The molecule has 2 rings (SSSR count). The van der Waals surface area contributed by atoms with Crippen LogP contribution in [-0.2, 0) is 14.3 Å². The second-order valence-electron chi connectivity index (χ2n) is 10.1. The number of β-lactam (4-membered cyclic amide) rings is 1. The van der Waals surface area contributed by atoms with E-state index in [9.17, 15) is 19.5 Å². The number of carbonyl (C=O) groups is 3. The third-order valence-corrected chi connectivity index (χ3v) is 10.8. The molecule has 0 aromatic carbocycles. The molecule has 0 bridgehead atoms. The van der Waals surface area contributed by atoms with Gasteiger partial charge in [-0.1, -0.05) is 26.9 Å². The van der Waals surface area contributed by atoms with Crippen molar-refractivity contribution in [3.05, 3.63) is 0 Å². The molecule has 7 nitrogen and oxygen atoms in total. The Hall–Kier alpha value is -1.57. The second kappa shape index (κ2) is 8.04. The number of carboxylic acid groups (broad SMARTS) is 1. The van der Waals surface area contributed by atoms with Gasteiger partial charge >= 0.3 is 12.1 Å². The van der Waals surface area contributed by atoms with E-state index >= 15 is 0 Å². The van der Waals surface area contributed by atoms with Crippen LogP contribution in [0.1, 0.15) is 53.9 Å². The Kier molecular flexibility index (Phi) is 6.53. The van der Waals surface area contributed by atoms with Crippen LogP contribution in [0.25, 0.3) is 0 Å². The molecular formula is C20H36N2O5Si. The van der Waals surface area contributed by atoms with Crippen LogP contribution in [0.15, 0.2) is 0 Å². The lowest BCUT2D eigenvalue weighted by Crippen LogP contribution is -2.73. The number of aliphatic carboxylic acids is 1. The number of carboxylic acids is 1. The van der Waals surface area contributed by atoms with Crippen molar-refractivity contribution in [1.82, 2.24) is 9.47 Å². The van der Waals surface area contributed by atoms with E-state index in [1.165, 1.54) is 0 Å². The molecule has 3 atom stereocenters. The summed E-state index contributed by atoms with van der Waals surface area (Å²) in [5, 5.41) is 9.78. The van der Waals surface area contributed by atoms with Gasteiger partial charge in [-0.05, 0) is 51.5 Å². The van der Waals surface area contributed by atoms with Crippen molar-refractivity contribution in [3.63, 3.8) is 0 Å². The van der Waals surface area contributed by atoms with Crippen LogP contribution in [-0.4, -0.2) is 65.5 Å². The predicted octanol–water partition coefficient (Wildman–Crippen LogP) is 3.55. The van der Waals surface area contributed by atoms with Crippen LogP contribution < -0.4 is 0 Å². The number of hydrogen-bond acceptors (Lipinski definition) is 4. The number of hydrogen-bond donors (Lipinski definition) is 1. The van der Waals surface area contributed by atoms with E-state index in [4.69, 9.17) is 4.74 Å². The van der Waals surface area contributed by atoms with Gasteiger partial charge in [0, 0.05) is 13.1 Å². The molecule has 2 aliphatic heterocycles. The molecule has 8 heteroatoms. The fourth-order valence-electron chi connectivity index (χ4n) is 4.09. The SMILES string of the molecule is CC(C)[Si](C)(C)N1C(=O)C(CC2CCCN(C(=O)OC(C)(C)C)C2)C1C(=O)O. The predicted molar refractivity (Wildman–Crippen MR) is 109 cm³/mol. The lowest BCUT2D eigenvalue weighted by molar-refractivity contribution is -0.165. The maximum Gasteiger partial charge on any atom is 0.410 e. The normalized spacial score (nSPS) is 26.3. The zero-order valence-corrected chi connectivity index (χ0v) is 19.3. The first kappa shape index (κ1) is 22.7. The zero-order chi connectivity index (χ0) is 21.4. The highest BCUT2D eigenvalue weighted by molar-refractivity contribution is 6.78. The minimum atomic E-state index is -2.13. The fourth-order valence-corrected chi connectivity index (χ4v) is 6.39. The molecule has 0 aromatic heterocycles. The smallest absolute Gasteiger partial charge is 0.410 e. The highest BCUT2D eigenvalue weighted by Crippen LogP contribution is 2.41. The molecule has 28 heavy (non-hydrogen) atoms. The second-order valence-corrected chi connectivity index (χ2v) is 15.0. The first-order valence-corrected chi connectivity index (χ1v) is 13.3. The Bertz CT molecular complexity index is 629. The molecule has 2 aliphatic rings. The average molecular weight is 413 g/mol. The van der Waals surface area contributed by atoms with Crippen LogP contribution in [0.3, 0.4) is 0 Å². The van der Waals surface area contributed by atoms with Crippen molar-refractivity contribution in [2.75, 3.05) is 13.1 Å². The Balaban J connectivity index is 2.05. The van der Waals surface area contributed by atoms with Crippen molar-refractivity contribution in [2.24, 2.45) is 11.8 Å². The summed E-state index contributed by atoms with van der Waals surface area (Å²) in [4.78, 5) is 38.9. The molecule has 0 aromatic rings. The zero-order valence-electron chi connectivity index (χ0n) is 18.3. The molecular weight excluding hydrogens is 376 g/mol. The van der Waals surface area contributed by atoms with Gasteiger partial charge in [0.1, 0.15) is 11.6 Å². The lowest BCUT2D eigenvalue weighted by atomic mass is 9.80. The van der Waals surface area contributed by atoms with Crippen LogP contribution in [0.5, 0.6) is 0 Å². The fraction of sp³-hybridized carbons (Fsp3) is 0.850. The van der Waals surface area contributed by atoms with E-state index in [0.29, 0.717) is 19.5 Å². The van der Waals surface area contributed by atoms with E-state index in [1.807, 2.05) is 20.8 Å². The molecule has 0 spiro atoms. The van der Waals surface area contributed by atoms with E-state index in [0.717, 1.165) is 12.8 Å². The summed E-state index contributed by atoms with van der Waals surface area (Å²) in [7, 11) is -2.13. The van der Waals surface area contributed by atoms with Gasteiger partial charge in [0.05, 0.1) is 5.92 Å². The van der Waals surface area contributed by atoms with Crippen LogP contribution in [0.2, 0.25) is 18.6 Å². The topological polar surface area (TPSA) is 87.2 Å². The first-order chi connectivity index (χ1) is 12.8. The molecule has 2 fully saturated rings. The van der Waals surface area contributed by atoms with E-state index < -0.39 is 31.8 Å². The van der Waals surface area contributed by atoms with Crippen LogP contribution in [0, 0.1) is 11.8 Å². The van der Waals surface area contributed by atoms with Crippen molar-refractivity contribution in [1.29, 1.82) is 0 Å². The number of piperidine rings is 1. The Morgan fingerprint density at radius 2 is 1.89 bits per heavy atom. The van der Waals surface area contributed by atoms with Crippen molar-refractivity contribution in [2.45, 2.75) is 84.2 Å². The standard InChI is InChI=1S/C20H36N2O5Si/c1-13(2)28(6,7)22-16(18(24)25)15(17(22)23)11-14-9-8-10-21(12-14)19(26)27-20(3,4)5/h13-16H,8-12H2,1-7H3,(H,24,25). The molecule has 2 amide bonds. The average Bonchev–Trinajstić information content (AvgIpc) is 2.55. The van der Waals surface area contributed by atoms with Gasteiger partial charge < -0.3 is 19.3 Å². The van der Waals surface area contributed by atoms with Gasteiger partial charge in [-0.25, -0.2) is 9.59 Å². The summed E-state index contributed by atoms with van der Waals surface area (Å²) >= 11 is 0. The maximum atomic E-state index is 12.9. The lowest BCUT2D eigenvalue weighted by Gasteiger charge is -2.54. The first-order valence-electron chi connectivity index (χ1n) is 10.3. The van der Waals surface area contributed by atoms with Gasteiger partial charge in [0.2, 0.25) is 5.91 Å². The third kappa shape index (κ3) is 4.70. The third-order valence-electron chi connectivity index (χ3n) is 6.26. The van der Waals surface area contributed by atoms with Crippen LogP contribution in [0.4, 0.5) is 4.79 Å². The summed E-state index contributed by atoms with van der Waals surface area (Å²) in [5.41, 5.74) is -0.257. The molecule has 0 saturated carbocycles. The highest BCUT2D eigenvalue weighted by atomic mass is 28.3. The van der Waals surface area contributed by atoms with Crippen molar-refractivity contribution < 1.29 is 24.2 Å². The van der Waals surface area contributed by atoms with E-state index in [-0.39, 0.29) is 23.5 Å².